The molecule has 0 heterocycles. The van der Waals surface area contributed by atoms with Gasteiger partial charge in [-0.05, 0) is 42.0 Å². The van der Waals surface area contributed by atoms with Crippen molar-refractivity contribution >= 4 is 21.6 Å². The van der Waals surface area contributed by atoms with Gasteiger partial charge in [0.1, 0.15) is 0 Å². The van der Waals surface area contributed by atoms with E-state index in [0.29, 0.717) is 11.3 Å². The molecule has 1 amide bonds. The third-order valence-electron chi connectivity index (χ3n) is 4.54. The van der Waals surface area contributed by atoms with Gasteiger partial charge in [0.15, 0.2) is 0 Å². The molecule has 29 heavy (non-hydrogen) atoms. The van der Waals surface area contributed by atoms with Crippen molar-refractivity contribution in [1.82, 2.24) is 5.32 Å². The highest BCUT2D eigenvalue weighted by atomic mass is 32.2. The minimum atomic E-state index is -3.68. The van der Waals surface area contributed by atoms with Crippen LogP contribution < -0.4 is 9.62 Å². The first-order valence-electron chi connectivity index (χ1n) is 9.05. The van der Waals surface area contributed by atoms with Gasteiger partial charge in [0.2, 0.25) is 0 Å². The Kier molecular flexibility index (Phi) is 6.31. The van der Waals surface area contributed by atoms with Crippen LogP contribution in [0.5, 0.6) is 0 Å². The monoisotopic (exact) mass is 410 g/mol. The Bertz CT molecular complexity index is 1050. The van der Waals surface area contributed by atoms with Crippen LogP contribution in [0.1, 0.15) is 22.0 Å². The van der Waals surface area contributed by atoms with E-state index in [-0.39, 0.29) is 17.3 Å². The molecular weight excluding hydrogens is 388 g/mol. The number of carbonyl (C=O) groups is 1. The molecule has 0 aliphatic heterocycles. The lowest BCUT2D eigenvalue weighted by atomic mass is 10.1. The Morgan fingerprint density at radius 3 is 2.07 bits per heavy atom. The first-order chi connectivity index (χ1) is 13.9. The molecule has 0 unspecified atom stereocenters. The molecule has 3 aromatic rings. The summed E-state index contributed by atoms with van der Waals surface area (Å²) >= 11 is 0. The number of anilines is 1. The van der Waals surface area contributed by atoms with E-state index in [1.807, 2.05) is 18.2 Å². The average molecular weight is 410 g/mol. The lowest BCUT2D eigenvalue weighted by Gasteiger charge is -2.19. The van der Waals surface area contributed by atoms with Crippen molar-refractivity contribution < 1.29 is 18.3 Å². The molecule has 0 aromatic heterocycles. The predicted molar refractivity (Wildman–Crippen MR) is 112 cm³/mol. The van der Waals surface area contributed by atoms with Crippen LogP contribution in [0.2, 0.25) is 0 Å². The number of hydrogen-bond donors (Lipinski definition) is 2. The molecule has 150 valence electrons. The molecule has 0 spiro atoms. The van der Waals surface area contributed by atoms with Gasteiger partial charge in [-0.1, -0.05) is 48.5 Å². The molecule has 0 aliphatic rings. The Hall–Kier alpha value is -3.16. The molecule has 2 N–H and O–H groups in total. The van der Waals surface area contributed by atoms with E-state index in [2.05, 4.69) is 5.32 Å². The van der Waals surface area contributed by atoms with E-state index >= 15 is 0 Å². The van der Waals surface area contributed by atoms with Crippen molar-refractivity contribution in [2.24, 2.45) is 0 Å². The highest BCUT2D eigenvalue weighted by molar-refractivity contribution is 7.92. The molecular formula is C22H22N2O4S. The Morgan fingerprint density at radius 1 is 0.931 bits per heavy atom. The number of aliphatic hydroxyl groups is 1. The first kappa shape index (κ1) is 20.6. The van der Waals surface area contributed by atoms with E-state index in [4.69, 9.17) is 0 Å². The number of carbonyl (C=O) groups excluding carboxylic acids is 1. The molecule has 0 aliphatic carbocycles. The molecule has 7 heteroatoms. The molecule has 0 bridgehead atoms. The minimum absolute atomic E-state index is 0.0763. The van der Waals surface area contributed by atoms with Crippen LogP contribution in [-0.2, 0) is 10.0 Å². The smallest absolute Gasteiger partial charge is 0.264 e. The van der Waals surface area contributed by atoms with E-state index in [1.54, 1.807) is 54.6 Å². The number of nitrogens with zero attached hydrogens (tertiary/aromatic N) is 1. The molecule has 3 rings (SSSR count). The number of benzene rings is 3. The first-order valence-corrected chi connectivity index (χ1v) is 10.5. The lowest BCUT2D eigenvalue weighted by Crippen LogP contribution is -2.29. The number of hydrogen-bond acceptors (Lipinski definition) is 4. The molecule has 6 nitrogen and oxygen atoms in total. The normalized spacial score (nSPS) is 12.2. The summed E-state index contributed by atoms with van der Waals surface area (Å²) in [5.74, 6) is -0.347. The average Bonchev–Trinajstić information content (AvgIpc) is 2.78. The van der Waals surface area contributed by atoms with E-state index < -0.39 is 16.1 Å². The number of aliphatic hydroxyl groups excluding tert-OH is 1. The van der Waals surface area contributed by atoms with Gasteiger partial charge in [-0.25, -0.2) is 8.42 Å². The summed E-state index contributed by atoms with van der Waals surface area (Å²) in [6, 6.07) is 23.5. The minimum Gasteiger partial charge on any atom is -0.387 e. The highest BCUT2D eigenvalue weighted by Crippen LogP contribution is 2.22. The third-order valence-corrected chi connectivity index (χ3v) is 6.33. The number of nitrogens with one attached hydrogen (secondary N) is 1. The van der Waals surface area contributed by atoms with Crippen LogP contribution in [0.3, 0.4) is 0 Å². The van der Waals surface area contributed by atoms with Crippen molar-refractivity contribution in [3.63, 3.8) is 0 Å². The van der Waals surface area contributed by atoms with Crippen molar-refractivity contribution in [2.75, 3.05) is 17.9 Å². The molecule has 0 fully saturated rings. The fourth-order valence-corrected chi connectivity index (χ4v) is 4.01. The summed E-state index contributed by atoms with van der Waals surface area (Å²) in [7, 11) is -2.21. The van der Waals surface area contributed by atoms with Gasteiger partial charge in [0.05, 0.1) is 16.7 Å². The van der Waals surface area contributed by atoms with Crippen LogP contribution in [-0.4, -0.2) is 33.0 Å². The highest BCUT2D eigenvalue weighted by Gasteiger charge is 2.21. The molecule has 0 radical (unpaired) electrons. The summed E-state index contributed by atoms with van der Waals surface area (Å²) in [6.45, 7) is 0.0763. The molecule has 0 saturated carbocycles. The van der Waals surface area contributed by atoms with Crippen molar-refractivity contribution in [3.8, 4) is 0 Å². The fourth-order valence-electron chi connectivity index (χ4n) is 2.80. The predicted octanol–water partition coefficient (Wildman–Crippen LogP) is 2.98. The van der Waals surface area contributed by atoms with Crippen molar-refractivity contribution in [3.05, 3.63) is 96.1 Å². The van der Waals surface area contributed by atoms with Gasteiger partial charge in [0, 0.05) is 19.2 Å². The summed E-state index contributed by atoms with van der Waals surface area (Å²) < 4.78 is 26.5. The topological polar surface area (TPSA) is 86.7 Å². The van der Waals surface area contributed by atoms with Crippen LogP contribution in [0.15, 0.2) is 89.8 Å². The maximum Gasteiger partial charge on any atom is 0.264 e. The third kappa shape index (κ3) is 4.82. The summed E-state index contributed by atoms with van der Waals surface area (Å²) in [5, 5.41) is 12.8. The Morgan fingerprint density at radius 2 is 1.48 bits per heavy atom. The van der Waals surface area contributed by atoms with Crippen LogP contribution in [0.25, 0.3) is 0 Å². The zero-order valence-corrected chi connectivity index (χ0v) is 16.7. The van der Waals surface area contributed by atoms with Crippen LogP contribution in [0, 0.1) is 0 Å². The maximum atomic E-state index is 12.7. The van der Waals surface area contributed by atoms with Crippen molar-refractivity contribution in [2.45, 2.75) is 11.0 Å². The van der Waals surface area contributed by atoms with E-state index in [9.17, 15) is 18.3 Å². The van der Waals surface area contributed by atoms with E-state index in [1.165, 1.54) is 23.5 Å². The van der Waals surface area contributed by atoms with Gasteiger partial charge in [-0.15, -0.1) is 0 Å². The maximum absolute atomic E-state index is 12.7. The number of sulfonamides is 1. The fraction of sp³-hybridized carbons (Fsp3) is 0.136. The summed E-state index contributed by atoms with van der Waals surface area (Å²) in [6.07, 6.45) is -0.804. The van der Waals surface area contributed by atoms with Gasteiger partial charge < -0.3 is 10.4 Å². The van der Waals surface area contributed by atoms with Crippen molar-refractivity contribution in [1.29, 1.82) is 0 Å². The number of rotatable bonds is 7. The SMILES string of the molecule is CN(c1ccc(C(=O)NC[C@H](O)c2ccccc2)cc1)S(=O)(=O)c1ccccc1. The van der Waals surface area contributed by atoms with E-state index in [0.717, 1.165) is 5.56 Å². The quantitative estimate of drug-likeness (QED) is 0.627. The van der Waals surface area contributed by atoms with Gasteiger partial charge >= 0.3 is 0 Å². The van der Waals surface area contributed by atoms with Crippen LogP contribution >= 0.6 is 0 Å². The zero-order valence-electron chi connectivity index (χ0n) is 15.9. The summed E-state index contributed by atoms with van der Waals surface area (Å²) in [5.41, 5.74) is 1.53. The molecule has 3 aromatic carbocycles. The van der Waals surface area contributed by atoms with Gasteiger partial charge in [0.25, 0.3) is 15.9 Å². The second-order valence-corrected chi connectivity index (χ2v) is 8.44. The number of amides is 1. The molecule has 0 saturated heterocycles. The zero-order chi connectivity index (χ0) is 20.9. The Labute approximate surface area is 170 Å². The van der Waals surface area contributed by atoms with Gasteiger partial charge in [-0.2, -0.15) is 0 Å². The molecule has 1 atom stereocenters. The largest absolute Gasteiger partial charge is 0.387 e. The van der Waals surface area contributed by atoms with Gasteiger partial charge in [-0.3, -0.25) is 9.10 Å². The lowest BCUT2D eigenvalue weighted by molar-refractivity contribution is 0.0916. The Balaban J connectivity index is 1.66. The standard InChI is InChI=1S/C22H22N2O4S/c1-24(29(27,28)20-10-6-3-7-11-20)19-14-12-18(13-15-19)22(26)23-16-21(25)17-8-4-2-5-9-17/h2-15,21,25H,16H2,1H3,(H,23,26)/t21-/m0/s1. The second-order valence-electron chi connectivity index (χ2n) is 6.47. The second kappa shape index (κ2) is 8.89. The summed E-state index contributed by atoms with van der Waals surface area (Å²) in [4.78, 5) is 12.5. The van der Waals surface area contributed by atoms with Crippen LogP contribution in [0.4, 0.5) is 5.69 Å².